The van der Waals surface area contributed by atoms with E-state index >= 15 is 0 Å². The Morgan fingerprint density at radius 2 is 1.86 bits per heavy atom. The molecule has 1 N–H and O–H groups in total. The van der Waals surface area contributed by atoms with Crippen LogP contribution in [0.4, 0.5) is 23.2 Å². The molecule has 5 rings (SSSR count). The van der Waals surface area contributed by atoms with E-state index < -0.39 is 23.0 Å². The number of benzene rings is 2. The highest BCUT2D eigenvalue weighted by Gasteiger charge is 2.49. The summed E-state index contributed by atoms with van der Waals surface area (Å²) in [5.74, 6) is -0.860. The van der Waals surface area contributed by atoms with Crippen molar-refractivity contribution < 1.29 is 17.6 Å². The molecule has 0 saturated heterocycles. The summed E-state index contributed by atoms with van der Waals surface area (Å²) in [6, 6.07) is 9.11. The highest BCUT2D eigenvalue weighted by molar-refractivity contribution is 5.82. The molecule has 0 unspecified atom stereocenters. The average Bonchev–Trinajstić information content (AvgIpc) is 3.43. The Bertz CT molecular complexity index is 1310. The summed E-state index contributed by atoms with van der Waals surface area (Å²) in [6.07, 6.45) is 4.14. The number of aromatic nitrogens is 2. The monoisotopic (exact) mass is 481 g/mol. The topological polar surface area (TPSA) is 29.9 Å². The number of alkyl halides is 3. The van der Waals surface area contributed by atoms with Gasteiger partial charge in [0.1, 0.15) is 5.82 Å². The Balaban J connectivity index is 1.39. The van der Waals surface area contributed by atoms with Crippen LogP contribution in [0.1, 0.15) is 61.8 Å². The van der Waals surface area contributed by atoms with E-state index in [0.717, 1.165) is 46.9 Å². The number of halogens is 4. The lowest BCUT2D eigenvalue weighted by molar-refractivity contribution is -0.137. The van der Waals surface area contributed by atoms with Crippen molar-refractivity contribution in [3.8, 4) is 11.1 Å². The van der Waals surface area contributed by atoms with Crippen LogP contribution in [-0.2, 0) is 11.6 Å². The molecule has 3 nitrogen and oxygen atoms in total. The number of nitrogens with one attached hydrogen (secondary N) is 1. The van der Waals surface area contributed by atoms with E-state index in [2.05, 4.69) is 29.8 Å². The molecule has 1 aromatic heterocycles. The van der Waals surface area contributed by atoms with Crippen molar-refractivity contribution >= 4 is 11.3 Å². The van der Waals surface area contributed by atoms with Crippen LogP contribution in [0, 0.1) is 5.82 Å². The summed E-state index contributed by atoms with van der Waals surface area (Å²) in [5.41, 5.74) is 3.75. The molecular weight excluding hydrogens is 454 g/mol. The summed E-state index contributed by atoms with van der Waals surface area (Å²) in [7, 11) is 0. The molecule has 2 saturated carbocycles. The van der Waals surface area contributed by atoms with E-state index in [1.807, 2.05) is 36.0 Å². The summed E-state index contributed by atoms with van der Waals surface area (Å²) in [5, 5.41) is 7.83. The third-order valence-corrected chi connectivity index (χ3v) is 7.28. The van der Waals surface area contributed by atoms with Gasteiger partial charge in [0.15, 0.2) is 0 Å². The minimum Gasteiger partial charge on any atom is -0.359 e. The number of anilines is 1. The lowest BCUT2D eigenvalue weighted by Crippen LogP contribution is -2.19. The molecule has 0 radical (unpaired) electrons. The van der Waals surface area contributed by atoms with E-state index in [-0.39, 0.29) is 5.56 Å². The van der Waals surface area contributed by atoms with Crippen LogP contribution in [0.25, 0.3) is 16.7 Å². The number of allylic oxidation sites excluding steroid dienone is 2. The fourth-order valence-electron chi connectivity index (χ4n) is 4.79. The molecule has 3 aromatic rings. The summed E-state index contributed by atoms with van der Waals surface area (Å²) in [6.45, 7) is 10.2. The maximum absolute atomic E-state index is 14.7. The lowest BCUT2D eigenvalue weighted by atomic mass is 9.91. The fraction of sp³-hybridized carbons (Fsp3) is 0.321. The maximum atomic E-state index is 14.7. The van der Waals surface area contributed by atoms with Crippen LogP contribution in [-0.4, -0.2) is 9.78 Å². The summed E-state index contributed by atoms with van der Waals surface area (Å²) >= 11 is 0. The van der Waals surface area contributed by atoms with E-state index in [4.69, 9.17) is 0 Å². The van der Waals surface area contributed by atoms with Crippen LogP contribution in [0.2, 0.25) is 0 Å². The Labute approximate surface area is 202 Å². The smallest absolute Gasteiger partial charge is 0.359 e. The second-order valence-corrected chi connectivity index (χ2v) is 9.71. The van der Waals surface area contributed by atoms with E-state index in [1.54, 1.807) is 0 Å². The van der Waals surface area contributed by atoms with Crippen LogP contribution in [0.5, 0.6) is 0 Å². The molecule has 0 spiro atoms. The zero-order valence-corrected chi connectivity index (χ0v) is 19.6. The minimum absolute atomic E-state index is 0.239. The number of rotatable bonds is 7. The van der Waals surface area contributed by atoms with Gasteiger partial charge in [-0.15, -0.1) is 0 Å². The van der Waals surface area contributed by atoms with Gasteiger partial charge in [0.2, 0.25) is 0 Å². The van der Waals surface area contributed by atoms with E-state index in [9.17, 15) is 17.6 Å². The highest BCUT2D eigenvalue weighted by atomic mass is 19.4. The lowest BCUT2D eigenvalue weighted by Gasteiger charge is -2.25. The van der Waals surface area contributed by atoms with Gasteiger partial charge in [-0.1, -0.05) is 30.9 Å². The molecule has 182 valence electrons. The Morgan fingerprint density at radius 1 is 1.11 bits per heavy atom. The van der Waals surface area contributed by atoms with Gasteiger partial charge in [0, 0.05) is 28.6 Å². The Hall–Kier alpha value is -3.35. The largest absolute Gasteiger partial charge is 0.416 e. The molecular formula is C28H27F4N3. The molecule has 0 atom stereocenters. The Morgan fingerprint density at radius 3 is 2.43 bits per heavy atom. The first-order chi connectivity index (χ1) is 16.6. The summed E-state index contributed by atoms with van der Waals surface area (Å²) < 4.78 is 55.7. The third kappa shape index (κ3) is 4.28. The van der Waals surface area contributed by atoms with Gasteiger partial charge in [-0.3, -0.25) is 4.68 Å². The number of hydrogen-bond acceptors (Lipinski definition) is 2. The molecule has 2 fully saturated rings. The fourth-order valence-corrected chi connectivity index (χ4v) is 4.79. The first-order valence-corrected chi connectivity index (χ1v) is 11.8. The molecule has 7 heteroatoms. The van der Waals surface area contributed by atoms with Crippen molar-refractivity contribution in [2.75, 3.05) is 5.32 Å². The van der Waals surface area contributed by atoms with Gasteiger partial charge in [-0.25, -0.2) is 4.39 Å². The third-order valence-electron chi connectivity index (χ3n) is 7.28. The van der Waals surface area contributed by atoms with Gasteiger partial charge in [0.25, 0.3) is 0 Å². The van der Waals surface area contributed by atoms with Gasteiger partial charge < -0.3 is 5.32 Å². The molecule has 35 heavy (non-hydrogen) atoms. The molecule has 1 heterocycles. The second-order valence-electron chi connectivity index (χ2n) is 9.71. The minimum atomic E-state index is -4.58. The normalized spacial score (nSPS) is 17.1. The van der Waals surface area contributed by atoms with Crippen molar-refractivity contribution in [3.63, 3.8) is 0 Å². The van der Waals surface area contributed by atoms with Crippen LogP contribution < -0.4 is 5.32 Å². The van der Waals surface area contributed by atoms with Gasteiger partial charge in [-0.2, -0.15) is 18.3 Å². The van der Waals surface area contributed by atoms with Gasteiger partial charge in [-0.05, 0) is 80.0 Å². The Kier molecular flexibility index (Phi) is 5.61. The first kappa shape index (κ1) is 23.4. The maximum Gasteiger partial charge on any atom is 0.416 e. The quantitative estimate of drug-likeness (QED) is 0.345. The molecule has 0 bridgehead atoms. The van der Waals surface area contributed by atoms with Crippen molar-refractivity contribution in [2.45, 2.75) is 56.7 Å². The standard InChI is InChI=1S/C28H27F4N3/c1-17(2)24-14-21(8-9-23(24)19-15-33-35(16-19)22-5-4-6-22)34-18(3)27(11-12-27)25-10-7-20(13-26(25)29)28(30,31)32/h7-10,13-16,22,34H,1,3-6,11-12H2,2H3. The van der Waals surface area contributed by atoms with Crippen molar-refractivity contribution in [3.05, 3.63) is 90.2 Å². The molecule has 2 aliphatic rings. The zero-order chi connectivity index (χ0) is 25.0. The molecule has 2 aliphatic carbocycles. The SMILES string of the molecule is C=C(C)c1cc(NC(=C)C2(c3ccc(C(F)(F)F)cc3F)CC2)ccc1-c1cnn(C2CCC2)c1. The molecule has 2 aromatic carbocycles. The zero-order valence-electron chi connectivity index (χ0n) is 19.6. The highest BCUT2D eigenvalue weighted by Crippen LogP contribution is 2.54. The first-order valence-electron chi connectivity index (χ1n) is 11.8. The predicted octanol–water partition coefficient (Wildman–Crippen LogP) is 8.12. The van der Waals surface area contributed by atoms with Gasteiger partial charge >= 0.3 is 6.18 Å². The van der Waals surface area contributed by atoms with Crippen LogP contribution in [0.3, 0.4) is 0 Å². The van der Waals surface area contributed by atoms with E-state index in [0.29, 0.717) is 30.6 Å². The summed E-state index contributed by atoms with van der Waals surface area (Å²) in [4.78, 5) is 0. The second kappa shape index (κ2) is 8.40. The van der Waals surface area contributed by atoms with Crippen LogP contribution in [0.15, 0.2) is 67.6 Å². The molecule has 0 aliphatic heterocycles. The van der Waals surface area contributed by atoms with Gasteiger partial charge in [0.05, 0.1) is 17.8 Å². The van der Waals surface area contributed by atoms with E-state index in [1.165, 1.54) is 12.5 Å². The number of hydrogen-bond donors (Lipinski definition) is 1. The molecule has 0 amide bonds. The van der Waals surface area contributed by atoms with Crippen LogP contribution >= 0.6 is 0 Å². The predicted molar refractivity (Wildman–Crippen MR) is 130 cm³/mol. The van der Waals surface area contributed by atoms with Crippen molar-refractivity contribution in [1.29, 1.82) is 0 Å². The van der Waals surface area contributed by atoms with Crippen molar-refractivity contribution in [2.24, 2.45) is 0 Å². The van der Waals surface area contributed by atoms with Crippen molar-refractivity contribution in [1.82, 2.24) is 9.78 Å². The average molecular weight is 482 g/mol. The number of nitrogens with zero attached hydrogens (tertiary/aromatic N) is 2.